The van der Waals surface area contributed by atoms with Gasteiger partial charge in [0.15, 0.2) is 5.82 Å². The highest BCUT2D eigenvalue weighted by Gasteiger charge is 2.45. The molecule has 0 aliphatic heterocycles. The van der Waals surface area contributed by atoms with Crippen LogP contribution < -0.4 is 5.32 Å². The van der Waals surface area contributed by atoms with E-state index in [2.05, 4.69) is 20.5 Å². The van der Waals surface area contributed by atoms with Crippen molar-refractivity contribution < 1.29 is 14.7 Å². The molecule has 3 N–H and O–H groups in total. The van der Waals surface area contributed by atoms with Crippen molar-refractivity contribution in [3.05, 3.63) is 30.1 Å². The Hall–Kier alpha value is -2.70. The lowest BCUT2D eigenvalue weighted by molar-refractivity contribution is -0.157. The van der Waals surface area contributed by atoms with E-state index in [0.29, 0.717) is 29.9 Å². The van der Waals surface area contributed by atoms with E-state index >= 15 is 0 Å². The van der Waals surface area contributed by atoms with E-state index < -0.39 is 11.4 Å². The summed E-state index contributed by atoms with van der Waals surface area (Å²) < 4.78 is 0. The monoisotopic (exact) mass is 342 g/mol. The Labute approximate surface area is 145 Å². The van der Waals surface area contributed by atoms with Gasteiger partial charge in [0, 0.05) is 17.9 Å². The third-order valence-corrected chi connectivity index (χ3v) is 4.75. The molecule has 1 saturated carbocycles. The van der Waals surface area contributed by atoms with Crippen molar-refractivity contribution >= 4 is 17.6 Å². The summed E-state index contributed by atoms with van der Waals surface area (Å²) in [4.78, 5) is 28.3. The van der Waals surface area contributed by atoms with Crippen molar-refractivity contribution in [3.63, 3.8) is 0 Å². The summed E-state index contributed by atoms with van der Waals surface area (Å²) in [6, 6.07) is 7.26. The zero-order chi connectivity index (χ0) is 18.0. The number of hydrogen-bond donors (Lipinski definition) is 3. The maximum Gasteiger partial charge on any atom is 0.310 e. The number of carbonyl (C=O) groups excluding carboxylic acids is 1. The number of anilines is 1. The summed E-state index contributed by atoms with van der Waals surface area (Å²) in [6.45, 7) is 4.03. The molecule has 7 nitrogen and oxygen atoms in total. The molecule has 2 aromatic rings. The summed E-state index contributed by atoms with van der Waals surface area (Å²) in [5.74, 6) is 0.315. The Bertz CT molecular complexity index is 793. The van der Waals surface area contributed by atoms with Crippen molar-refractivity contribution in [3.8, 4) is 11.4 Å². The van der Waals surface area contributed by atoms with Crippen molar-refractivity contribution in [1.82, 2.24) is 15.2 Å². The van der Waals surface area contributed by atoms with Crippen LogP contribution in [0.1, 0.15) is 51.3 Å². The van der Waals surface area contributed by atoms with Gasteiger partial charge in [-0.3, -0.25) is 14.7 Å². The second-order valence-corrected chi connectivity index (χ2v) is 6.91. The minimum atomic E-state index is -0.908. The first kappa shape index (κ1) is 17.1. The third kappa shape index (κ3) is 3.40. The minimum absolute atomic E-state index is 0.0120. The molecule has 1 aromatic heterocycles. The number of carbonyl (C=O) groups is 2. The number of carboxylic acids is 1. The first-order valence-corrected chi connectivity index (χ1v) is 8.46. The number of rotatable bonds is 6. The van der Waals surface area contributed by atoms with Crippen molar-refractivity contribution in [2.45, 2.75) is 45.4 Å². The largest absolute Gasteiger partial charge is 0.481 e. The highest BCUT2D eigenvalue weighted by atomic mass is 16.4. The lowest BCUT2D eigenvalue weighted by Crippen LogP contribution is -2.41. The topological polar surface area (TPSA) is 108 Å². The lowest BCUT2D eigenvalue weighted by Gasteiger charge is -2.36. The maximum absolute atomic E-state index is 12.4. The number of amides is 1. The number of nitrogens with one attached hydrogen (secondary N) is 2. The second kappa shape index (κ2) is 6.66. The molecule has 25 heavy (non-hydrogen) atoms. The quantitative estimate of drug-likeness (QED) is 0.747. The van der Waals surface area contributed by atoms with Crippen LogP contribution in [0.3, 0.4) is 0 Å². The van der Waals surface area contributed by atoms with E-state index in [-0.39, 0.29) is 18.2 Å². The molecule has 1 amide bonds. The van der Waals surface area contributed by atoms with Gasteiger partial charge in [-0.1, -0.05) is 32.4 Å². The van der Waals surface area contributed by atoms with Gasteiger partial charge in [-0.05, 0) is 25.0 Å². The predicted molar refractivity (Wildman–Crippen MR) is 93.1 cm³/mol. The van der Waals surface area contributed by atoms with Gasteiger partial charge >= 0.3 is 5.97 Å². The molecule has 132 valence electrons. The van der Waals surface area contributed by atoms with Crippen LogP contribution in [0, 0.1) is 5.41 Å². The molecule has 0 bridgehead atoms. The van der Waals surface area contributed by atoms with Crippen molar-refractivity contribution in [1.29, 1.82) is 0 Å². The molecule has 0 atom stereocenters. The van der Waals surface area contributed by atoms with Gasteiger partial charge in [0.2, 0.25) is 5.91 Å². The van der Waals surface area contributed by atoms with Gasteiger partial charge < -0.3 is 10.4 Å². The van der Waals surface area contributed by atoms with Crippen LogP contribution >= 0.6 is 0 Å². The zero-order valence-electron chi connectivity index (χ0n) is 14.4. The zero-order valence-corrected chi connectivity index (χ0v) is 14.4. The molecule has 7 heteroatoms. The molecule has 1 aliphatic rings. The van der Waals surface area contributed by atoms with Crippen LogP contribution in [0.5, 0.6) is 0 Å². The molecule has 0 spiro atoms. The van der Waals surface area contributed by atoms with Crippen LogP contribution in [-0.2, 0) is 9.59 Å². The standard InChI is InChI=1S/C18H22N4O3/c1-11(2)15-20-16(22-21-15)12-6-3-4-7-13(12)19-14(23)10-18(17(24)25)8-5-9-18/h3-4,6-7,11H,5,8-10H2,1-2H3,(H,19,23)(H,24,25)(H,20,21,22). The van der Waals surface area contributed by atoms with E-state index in [1.807, 2.05) is 32.0 Å². The summed E-state index contributed by atoms with van der Waals surface area (Å²) >= 11 is 0. The van der Waals surface area contributed by atoms with Crippen molar-refractivity contribution in [2.24, 2.45) is 5.41 Å². The number of benzene rings is 1. The fraction of sp³-hybridized carbons (Fsp3) is 0.444. The SMILES string of the molecule is CC(C)c1nc(-c2ccccc2NC(=O)CC2(C(=O)O)CCC2)n[nH]1. The van der Waals surface area contributed by atoms with E-state index in [1.54, 1.807) is 6.07 Å². The molecule has 0 saturated heterocycles. The maximum atomic E-state index is 12.4. The van der Waals surface area contributed by atoms with Crippen LogP contribution in [0.25, 0.3) is 11.4 Å². The van der Waals surface area contributed by atoms with Gasteiger partial charge in [0.1, 0.15) is 5.82 Å². The van der Waals surface area contributed by atoms with E-state index in [9.17, 15) is 14.7 Å². The summed E-state index contributed by atoms with van der Waals surface area (Å²) in [5, 5.41) is 19.3. The first-order chi connectivity index (χ1) is 11.9. The Morgan fingerprint density at radius 3 is 2.60 bits per heavy atom. The Kier molecular flexibility index (Phi) is 4.57. The van der Waals surface area contributed by atoms with Crippen LogP contribution in [-0.4, -0.2) is 32.2 Å². The van der Waals surface area contributed by atoms with Gasteiger partial charge in [0.25, 0.3) is 0 Å². The smallest absolute Gasteiger partial charge is 0.310 e. The molecule has 1 aromatic carbocycles. The van der Waals surface area contributed by atoms with E-state index in [4.69, 9.17) is 0 Å². The highest BCUT2D eigenvalue weighted by Crippen LogP contribution is 2.44. The van der Waals surface area contributed by atoms with Gasteiger partial charge in [-0.25, -0.2) is 4.98 Å². The predicted octanol–water partition coefficient (Wildman–Crippen LogP) is 3.18. The fourth-order valence-corrected chi connectivity index (χ4v) is 3.01. The normalized spacial score (nSPS) is 15.6. The van der Waals surface area contributed by atoms with Gasteiger partial charge in [-0.2, -0.15) is 5.10 Å². The van der Waals surface area contributed by atoms with Crippen molar-refractivity contribution in [2.75, 3.05) is 5.32 Å². The molecular weight excluding hydrogens is 320 g/mol. The van der Waals surface area contributed by atoms with E-state index in [0.717, 1.165) is 12.2 Å². The third-order valence-electron chi connectivity index (χ3n) is 4.75. The number of hydrogen-bond acceptors (Lipinski definition) is 4. The molecule has 1 heterocycles. The number of H-pyrrole nitrogens is 1. The Balaban J connectivity index is 1.79. The second-order valence-electron chi connectivity index (χ2n) is 6.91. The number of aromatic amines is 1. The summed E-state index contributed by atoms with van der Waals surface area (Å²) in [6.07, 6.45) is 1.94. The fourth-order valence-electron chi connectivity index (χ4n) is 3.01. The molecule has 1 fully saturated rings. The number of nitrogens with zero attached hydrogens (tertiary/aromatic N) is 2. The van der Waals surface area contributed by atoms with E-state index in [1.165, 1.54) is 0 Å². The lowest BCUT2D eigenvalue weighted by atomic mass is 9.66. The number of para-hydroxylation sites is 1. The number of aliphatic carboxylic acids is 1. The minimum Gasteiger partial charge on any atom is -0.481 e. The Morgan fingerprint density at radius 1 is 1.32 bits per heavy atom. The molecular formula is C18H22N4O3. The molecule has 0 unspecified atom stereocenters. The molecule has 3 rings (SSSR count). The van der Waals surface area contributed by atoms with Gasteiger partial charge in [0.05, 0.1) is 11.1 Å². The summed E-state index contributed by atoms with van der Waals surface area (Å²) in [5.41, 5.74) is 0.382. The molecule has 0 radical (unpaired) electrons. The van der Waals surface area contributed by atoms with Crippen LogP contribution in [0.2, 0.25) is 0 Å². The summed E-state index contributed by atoms with van der Waals surface area (Å²) in [7, 11) is 0. The number of aromatic nitrogens is 3. The first-order valence-electron chi connectivity index (χ1n) is 8.46. The Morgan fingerprint density at radius 2 is 2.04 bits per heavy atom. The number of carboxylic acid groups (broad SMARTS) is 1. The average molecular weight is 342 g/mol. The van der Waals surface area contributed by atoms with Gasteiger partial charge in [-0.15, -0.1) is 0 Å². The average Bonchev–Trinajstić information content (AvgIpc) is 3.01. The van der Waals surface area contributed by atoms with Crippen LogP contribution in [0.4, 0.5) is 5.69 Å². The van der Waals surface area contributed by atoms with Crippen LogP contribution in [0.15, 0.2) is 24.3 Å². The highest BCUT2D eigenvalue weighted by molar-refractivity contribution is 5.97. The molecule has 1 aliphatic carbocycles.